The van der Waals surface area contributed by atoms with Crippen LogP contribution >= 0.6 is 0 Å². The molecule has 0 saturated carbocycles. The van der Waals surface area contributed by atoms with Crippen molar-refractivity contribution in [2.75, 3.05) is 6.61 Å². The van der Waals surface area contributed by atoms with Crippen molar-refractivity contribution < 1.29 is 13.9 Å². The van der Waals surface area contributed by atoms with E-state index in [9.17, 15) is 9.18 Å². The fourth-order valence-electron chi connectivity index (χ4n) is 1.75. The van der Waals surface area contributed by atoms with E-state index in [1.54, 1.807) is 24.3 Å². The van der Waals surface area contributed by atoms with Crippen molar-refractivity contribution in [3.8, 4) is 0 Å². The summed E-state index contributed by atoms with van der Waals surface area (Å²) >= 11 is 0. The Hall–Kier alpha value is -2.00. The molecule has 0 atom stereocenters. The lowest BCUT2D eigenvalue weighted by molar-refractivity contribution is 0.0848. The SMILES string of the molecule is O=C(CCOCc1cccc(F)c1)c1ccccc1. The first-order chi connectivity index (χ1) is 9.25. The predicted molar refractivity (Wildman–Crippen MR) is 71.4 cm³/mol. The van der Waals surface area contributed by atoms with E-state index in [1.807, 2.05) is 18.2 Å². The molecule has 19 heavy (non-hydrogen) atoms. The van der Waals surface area contributed by atoms with Gasteiger partial charge in [0.1, 0.15) is 5.82 Å². The summed E-state index contributed by atoms with van der Waals surface area (Å²) in [6.45, 7) is 0.657. The number of carbonyl (C=O) groups is 1. The molecule has 3 heteroatoms. The molecule has 0 heterocycles. The fraction of sp³-hybridized carbons (Fsp3) is 0.188. The molecule has 2 nitrogen and oxygen atoms in total. The lowest BCUT2D eigenvalue weighted by Crippen LogP contribution is -2.04. The van der Waals surface area contributed by atoms with Crippen LogP contribution in [0.4, 0.5) is 4.39 Å². The van der Waals surface area contributed by atoms with E-state index < -0.39 is 0 Å². The maximum atomic E-state index is 12.9. The number of hydrogen-bond donors (Lipinski definition) is 0. The van der Waals surface area contributed by atoms with Gasteiger partial charge in [-0.1, -0.05) is 42.5 Å². The Labute approximate surface area is 111 Å². The van der Waals surface area contributed by atoms with Crippen molar-refractivity contribution in [1.29, 1.82) is 0 Å². The summed E-state index contributed by atoms with van der Waals surface area (Å²) in [6, 6.07) is 15.4. The first-order valence-corrected chi connectivity index (χ1v) is 6.16. The molecule has 0 spiro atoms. The summed E-state index contributed by atoms with van der Waals surface area (Å²) in [7, 11) is 0. The van der Waals surface area contributed by atoms with E-state index in [2.05, 4.69) is 0 Å². The quantitative estimate of drug-likeness (QED) is 0.584. The first-order valence-electron chi connectivity index (χ1n) is 6.16. The van der Waals surface area contributed by atoms with Crippen molar-refractivity contribution >= 4 is 5.78 Å². The van der Waals surface area contributed by atoms with Gasteiger partial charge in [0.05, 0.1) is 13.2 Å². The van der Waals surface area contributed by atoms with Crippen LogP contribution in [0, 0.1) is 5.82 Å². The second kappa shape index (κ2) is 6.81. The van der Waals surface area contributed by atoms with E-state index in [-0.39, 0.29) is 11.6 Å². The standard InChI is InChI=1S/C16H15FO2/c17-15-8-4-5-13(11-15)12-19-10-9-16(18)14-6-2-1-3-7-14/h1-8,11H,9-10,12H2. The molecule has 0 saturated heterocycles. The molecule has 0 amide bonds. The minimum absolute atomic E-state index is 0.0554. The third-order valence-electron chi connectivity index (χ3n) is 2.73. The third-order valence-corrected chi connectivity index (χ3v) is 2.73. The number of carbonyl (C=O) groups excluding carboxylic acids is 1. The minimum atomic E-state index is -0.276. The average Bonchev–Trinajstić information content (AvgIpc) is 2.44. The van der Waals surface area contributed by atoms with E-state index in [4.69, 9.17) is 4.74 Å². The highest BCUT2D eigenvalue weighted by molar-refractivity contribution is 5.96. The molecule has 0 N–H and O–H groups in total. The highest BCUT2D eigenvalue weighted by Crippen LogP contribution is 2.06. The van der Waals surface area contributed by atoms with Crippen LogP contribution in [0.2, 0.25) is 0 Å². The average molecular weight is 258 g/mol. The van der Waals surface area contributed by atoms with Crippen LogP contribution in [0.1, 0.15) is 22.3 Å². The van der Waals surface area contributed by atoms with Crippen LogP contribution in [0.25, 0.3) is 0 Å². The van der Waals surface area contributed by atoms with Crippen molar-refractivity contribution in [3.63, 3.8) is 0 Å². The molecule has 2 aromatic carbocycles. The van der Waals surface area contributed by atoms with Crippen molar-refractivity contribution in [2.24, 2.45) is 0 Å². The Kier molecular flexibility index (Phi) is 4.81. The van der Waals surface area contributed by atoms with Crippen LogP contribution in [0.15, 0.2) is 54.6 Å². The number of Topliss-reactive ketones (excluding diaryl/α,β-unsaturated/α-hetero) is 1. The van der Waals surface area contributed by atoms with Crippen LogP contribution in [0.5, 0.6) is 0 Å². The van der Waals surface area contributed by atoms with Gasteiger partial charge in [0.2, 0.25) is 0 Å². The lowest BCUT2D eigenvalue weighted by atomic mass is 10.1. The molecule has 98 valence electrons. The summed E-state index contributed by atoms with van der Waals surface area (Å²) < 4.78 is 18.3. The van der Waals surface area contributed by atoms with Gasteiger partial charge < -0.3 is 4.74 Å². The van der Waals surface area contributed by atoms with Gasteiger partial charge >= 0.3 is 0 Å². The fourth-order valence-corrected chi connectivity index (χ4v) is 1.75. The zero-order valence-corrected chi connectivity index (χ0v) is 10.5. The van der Waals surface area contributed by atoms with E-state index >= 15 is 0 Å². The molecule has 0 radical (unpaired) electrons. The maximum Gasteiger partial charge on any atom is 0.165 e. The van der Waals surface area contributed by atoms with Gasteiger partial charge in [0.15, 0.2) is 5.78 Å². The lowest BCUT2D eigenvalue weighted by Gasteiger charge is -2.04. The number of benzene rings is 2. The Morgan fingerprint density at radius 3 is 2.58 bits per heavy atom. The second-order valence-corrected chi connectivity index (χ2v) is 4.22. The number of rotatable bonds is 6. The molecule has 0 aliphatic rings. The van der Waals surface area contributed by atoms with Crippen LogP contribution < -0.4 is 0 Å². The summed E-state index contributed by atoms with van der Waals surface area (Å²) in [4.78, 5) is 11.8. The Balaban J connectivity index is 1.74. The number of hydrogen-bond acceptors (Lipinski definition) is 2. The van der Waals surface area contributed by atoms with Gasteiger partial charge in [-0.05, 0) is 17.7 Å². The molecule has 2 rings (SSSR count). The van der Waals surface area contributed by atoms with Crippen molar-refractivity contribution in [1.82, 2.24) is 0 Å². The van der Waals surface area contributed by atoms with Gasteiger partial charge in [-0.2, -0.15) is 0 Å². The van der Waals surface area contributed by atoms with Crippen LogP contribution in [-0.2, 0) is 11.3 Å². The smallest absolute Gasteiger partial charge is 0.165 e. The normalized spacial score (nSPS) is 10.4. The van der Waals surface area contributed by atoms with Crippen LogP contribution in [-0.4, -0.2) is 12.4 Å². The zero-order valence-electron chi connectivity index (χ0n) is 10.5. The molecular formula is C16H15FO2. The number of halogens is 1. The molecule has 0 aliphatic heterocycles. The van der Waals surface area contributed by atoms with Gasteiger partial charge in [-0.15, -0.1) is 0 Å². The molecule has 0 bridgehead atoms. The largest absolute Gasteiger partial charge is 0.376 e. The number of ketones is 1. The molecule has 0 fully saturated rings. The maximum absolute atomic E-state index is 12.9. The third kappa shape index (κ3) is 4.30. The summed E-state index contributed by atoms with van der Waals surface area (Å²) in [5.41, 5.74) is 1.46. The molecule has 0 aliphatic carbocycles. The Morgan fingerprint density at radius 1 is 1.05 bits per heavy atom. The molecule has 0 unspecified atom stereocenters. The van der Waals surface area contributed by atoms with E-state index in [0.717, 1.165) is 5.56 Å². The minimum Gasteiger partial charge on any atom is -0.376 e. The highest BCUT2D eigenvalue weighted by atomic mass is 19.1. The summed E-state index contributed by atoms with van der Waals surface area (Å²) in [5, 5.41) is 0. The molecule has 0 aromatic heterocycles. The summed E-state index contributed by atoms with van der Waals surface area (Å²) in [6.07, 6.45) is 0.333. The highest BCUT2D eigenvalue weighted by Gasteiger charge is 2.04. The van der Waals surface area contributed by atoms with Crippen molar-refractivity contribution in [2.45, 2.75) is 13.0 Å². The van der Waals surface area contributed by atoms with Gasteiger partial charge in [-0.25, -0.2) is 4.39 Å². The van der Waals surface area contributed by atoms with Gasteiger partial charge in [0, 0.05) is 12.0 Å². The first kappa shape index (κ1) is 13.4. The van der Waals surface area contributed by atoms with Gasteiger partial charge in [0.25, 0.3) is 0 Å². The van der Waals surface area contributed by atoms with Crippen molar-refractivity contribution in [3.05, 3.63) is 71.5 Å². The Bertz CT molecular complexity index is 537. The van der Waals surface area contributed by atoms with E-state index in [0.29, 0.717) is 25.2 Å². The van der Waals surface area contributed by atoms with Gasteiger partial charge in [-0.3, -0.25) is 4.79 Å². The predicted octanol–water partition coefficient (Wildman–Crippen LogP) is 3.62. The molecule has 2 aromatic rings. The number of ether oxygens (including phenoxy) is 1. The molecular weight excluding hydrogens is 243 g/mol. The Morgan fingerprint density at radius 2 is 1.84 bits per heavy atom. The second-order valence-electron chi connectivity index (χ2n) is 4.22. The van der Waals surface area contributed by atoms with E-state index in [1.165, 1.54) is 12.1 Å². The monoisotopic (exact) mass is 258 g/mol. The zero-order chi connectivity index (χ0) is 13.5. The van der Waals surface area contributed by atoms with Crippen LogP contribution in [0.3, 0.4) is 0 Å². The topological polar surface area (TPSA) is 26.3 Å². The summed E-state index contributed by atoms with van der Waals surface area (Å²) in [5.74, 6) is -0.221.